The third kappa shape index (κ3) is 4.89. The van der Waals surface area contributed by atoms with Crippen LogP contribution in [0.4, 0.5) is 5.69 Å². The highest BCUT2D eigenvalue weighted by Gasteiger charge is 2.31. The Balaban J connectivity index is 1.49. The van der Waals surface area contributed by atoms with Crippen molar-refractivity contribution in [2.75, 3.05) is 5.32 Å². The lowest BCUT2D eigenvalue weighted by Crippen LogP contribution is -2.41. The van der Waals surface area contributed by atoms with E-state index < -0.39 is 30.1 Å². The Kier molecular flexibility index (Phi) is 6.37. The molecule has 9 heteroatoms. The lowest BCUT2D eigenvalue weighted by molar-refractivity contribution is -0.139. The van der Waals surface area contributed by atoms with Gasteiger partial charge in [0.1, 0.15) is 5.92 Å². The quantitative estimate of drug-likeness (QED) is 0.293. The molecular formula is C23H23N5O4. The molecule has 1 aliphatic heterocycles. The molecule has 1 aromatic rings. The number of anilines is 1. The minimum atomic E-state index is -1.36. The fourth-order valence-electron chi connectivity index (χ4n) is 3.78. The van der Waals surface area contributed by atoms with Gasteiger partial charge in [0, 0.05) is 36.4 Å². The summed E-state index contributed by atoms with van der Waals surface area (Å²) in [5, 5.41) is 16.0. The maximum Gasteiger partial charge on any atom is 0.244 e. The predicted octanol–water partition coefficient (Wildman–Crippen LogP) is 0.431. The first kappa shape index (κ1) is 21.4. The molecule has 0 saturated heterocycles. The topological polar surface area (TPSA) is 133 Å². The smallest absolute Gasteiger partial charge is 0.244 e. The number of hydroxylamine groups is 1. The Morgan fingerprint density at radius 1 is 1.12 bits per heavy atom. The molecule has 2 heterocycles. The van der Waals surface area contributed by atoms with Crippen LogP contribution in [0.2, 0.25) is 0 Å². The van der Waals surface area contributed by atoms with Crippen LogP contribution in [-0.4, -0.2) is 33.6 Å². The van der Waals surface area contributed by atoms with Gasteiger partial charge in [0.2, 0.25) is 17.7 Å². The molecule has 2 unspecified atom stereocenters. The number of aromatic nitrogens is 1. The molecule has 0 bridgehead atoms. The van der Waals surface area contributed by atoms with Crippen LogP contribution in [0, 0.1) is 11.8 Å². The van der Waals surface area contributed by atoms with Crippen LogP contribution in [0.3, 0.4) is 0 Å². The van der Waals surface area contributed by atoms with E-state index in [0.29, 0.717) is 17.8 Å². The van der Waals surface area contributed by atoms with E-state index in [-0.39, 0.29) is 5.92 Å². The molecule has 9 nitrogen and oxygen atoms in total. The van der Waals surface area contributed by atoms with Gasteiger partial charge in [-0.25, -0.2) is 5.48 Å². The third-order valence-corrected chi connectivity index (χ3v) is 5.43. The molecule has 2 atom stereocenters. The summed E-state index contributed by atoms with van der Waals surface area (Å²) in [7, 11) is 0. The van der Waals surface area contributed by atoms with Gasteiger partial charge >= 0.3 is 0 Å². The monoisotopic (exact) mass is 433 g/mol. The summed E-state index contributed by atoms with van der Waals surface area (Å²) in [6, 6.07) is 1.78. The Hall–Kier alpha value is -3.85. The Morgan fingerprint density at radius 2 is 1.94 bits per heavy atom. The molecule has 0 saturated carbocycles. The molecule has 1 aromatic heterocycles. The Bertz CT molecular complexity index is 1200. The van der Waals surface area contributed by atoms with Crippen molar-refractivity contribution < 1.29 is 19.6 Å². The average molecular weight is 433 g/mol. The molecule has 0 spiro atoms. The van der Waals surface area contributed by atoms with Gasteiger partial charge < -0.3 is 10.6 Å². The normalized spacial score (nSPS) is 19.1. The molecule has 3 amide bonds. The largest absolute Gasteiger partial charge is 0.328 e. The van der Waals surface area contributed by atoms with E-state index >= 15 is 0 Å². The number of carbonyl (C=O) groups excluding carboxylic acids is 3. The van der Waals surface area contributed by atoms with E-state index in [0.717, 1.165) is 29.1 Å². The number of amides is 3. The van der Waals surface area contributed by atoms with E-state index in [1.807, 2.05) is 36.5 Å². The van der Waals surface area contributed by atoms with Gasteiger partial charge in [-0.15, -0.1) is 0 Å². The third-order valence-electron chi connectivity index (χ3n) is 5.43. The van der Waals surface area contributed by atoms with Gasteiger partial charge in [-0.3, -0.25) is 29.6 Å². The van der Waals surface area contributed by atoms with Gasteiger partial charge in [0.25, 0.3) is 0 Å². The van der Waals surface area contributed by atoms with Crippen LogP contribution < -0.4 is 26.7 Å². The van der Waals surface area contributed by atoms with Crippen molar-refractivity contribution >= 4 is 41.3 Å². The molecule has 0 radical (unpaired) electrons. The maximum absolute atomic E-state index is 12.9. The average Bonchev–Trinajstić information content (AvgIpc) is 2.82. The zero-order chi connectivity index (χ0) is 22.5. The molecular weight excluding hydrogens is 410 g/mol. The fraction of sp³-hybridized carbons (Fsp3) is 0.261. The summed E-state index contributed by atoms with van der Waals surface area (Å²) in [6.07, 6.45) is 16.6. The summed E-state index contributed by atoms with van der Waals surface area (Å²) >= 11 is 0. The zero-order valence-electron chi connectivity index (χ0n) is 17.2. The molecule has 4 rings (SSSR count). The highest BCUT2D eigenvalue weighted by Crippen LogP contribution is 2.22. The number of hydrogen-bond acceptors (Lipinski definition) is 6. The van der Waals surface area contributed by atoms with Crippen molar-refractivity contribution in [3.05, 3.63) is 59.0 Å². The Labute approximate surface area is 184 Å². The van der Waals surface area contributed by atoms with Gasteiger partial charge in [-0.05, 0) is 30.2 Å². The van der Waals surface area contributed by atoms with Gasteiger partial charge in [-0.1, -0.05) is 30.4 Å². The summed E-state index contributed by atoms with van der Waals surface area (Å²) < 4.78 is 0. The number of hydrogen-bond donors (Lipinski definition) is 4. The van der Waals surface area contributed by atoms with Crippen molar-refractivity contribution in [3.8, 4) is 0 Å². The van der Waals surface area contributed by atoms with Crippen molar-refractivity contribution in [1.82, 2.24) is 15.8 Å². The maximum atomic E-state index is 12.9. The van der Waals surface area contributed by atoms with Crippen LogP contribution in [-0.2, 0) is 14.4 Å². The summed E-state index contributed by atoms with van der Waals surface area (Å²) in [6.45, 7) is 0. The minimum absolute atomic E-state index is 0.0444. The van der Waals surface area contributed by atoms with Crippen LogP contribution in [0.25, 0.3) is 12.2 Å². The lowest BCUT2D eigenvalue weighted by Gasteiger charge is -2.23. The Morgan fingerprint density at radius 3 is 2.78 bits per heavy atom. The first-order chi connectivity index (χ1) is 15.5. The second-order valence-electron chi connectivity index (χ2n) is 7.72. The summed E-state index contributed by atoms with van der Waals surface area (Å²) in [5.41, 5.74) is 3.35. The fourth-order valence-corrected chi connectivity index (χ4v) is 3.78. The summed E-state index contributed by atoms with van der Waals surface area (Å²) in [4.78, 5) is 46.2. The number of pyridine rings is 1. The van der Waals surface area contributed by atoms with E-state index in [4.69, 9.17) is 5.21 Å². The number of nitrogens with zero attached hydrogens (tertiary/aromatic N) is 2. The highest BCUT2D eigenvalue weighted by atomic mass is 16.5. The minimum Gasteiger partial charge on any atom is -0.328 e. The molecule has 32 heavy (non-hydrogen) atoms. The highest BCUT2D eigenvalue weighted by molar-refractivity contribution is 6.09. The lowest BCUT2D eigenvalue weighted by atomic mass is 9.91. The number of nitrogens with one attached hydrogen (secondary N) is 3. The molecule has 2 aliphatic carbocycles. The first-order valence-electron chi connectivity index (χ1n) is 10.4. The van der Waals surface area contributed by atoms with E-state index in [1.165, 1.54) is 11.7 Å². The zero-order valence-corrected chi connectivity index (χ0v) is 17.2. The van der Waals surface area contributed by atoms with Crippen molar-refractivity contribution in [2.45, 2.75) is 25.7 Å². The van der Waals surface area contributed by atoms with Gasteiger partial charge in [0.05, 0.1) is 17.2 Å². The number of aliphatic imine (C=N–C) groups is 1. The standard InChI is InChI=1S/C23H23N5O4/c29-21(28-32)11-18(22(30)26-16-9-14-5-1-3-7-19(14)24-12-16)23(31)27-17-10-15-6-2-4-8-20(15)25-13-17/h1,3,5-8,10,12-14,18,32H,2,4,9,11H2,(H,26,30)(H,27,31)(H,28,29). The number of rotatable bonds is 6. The van der Waals surface area contributed by atoms with E-state index in [2.05, 4.69) is 20.6 Å². The predicted molar refractivity (Wildman–Crippen MR) is 118 cm³/mol. The number of allylic oxidation sites excluding steroid dienone is 5. The van der Waals surface area contributed by atoms with Crippen LogP contribution in [0.5, 0.6) is 0 Å². The second-order valence-corrected chi connectivity index (χ2v) is 7.72. The van der Waals surface area contributed by atoms with Gasteiger partial charge in [0.15, 0.2) is 0 Å². The van der Waals surface area contributed by atoms with E-state index in [1.54, 1.807) is 12.3 Å². The molecule has 0 aromatic carbocycles. The van der Waals surface area contributed by atoms with Crippen molar-refractivity contribution in [3.63, 3.8) is 0 Å². The van der Waals surface area contributed by atoms with Crippen molar-refractivity contribution in [1.29, 1.82) is 0 Å². The molecule has 3 aliphatic rings. The van der Waals surface area contributed by atoms with Gasteiger partial charge in [-0.2, -0.15) is 0 Å². The summed E-state index contributed by atoms with van der Waals surface area (Å²) in [5.74, 6) is -3.49. The molecule has 0 fully saturated rings. The number of carbonyl (C=O) groups is 3. The molecule has 4 N–H and O–H groups in total. The van der Waals surface area contributed by atoms with Crippen molar-refractivity contribution in [2.24, 2.45) is 16.8 Å². The van der Waals surface area contributed by atoms with Crippen LogP contribution in [0.15, 0.2) is 53.5 Å². The van der Waals surface area contributed by atoms with Crippen LogP contribution >= 0.6 is 0 Å². The molecule has 164 valence electrons. The SMILES string of the molecule is O=C(CC(C(=O)NC1=CN=C2C=CC=CC2C1)C(=O)Nc1cnc2c(c1)=CCCC=2)NO. The second kappa shape index (κ2) is 9.52. The van der Waals surface area contributed by atoms with E-state index in [9.17, 15) is 14.4 Å². The van der Waals surface area contributed by atoms with Crippen LogP contribution in [0.1, 0.15) is 25.7 Å². The first-order valence-corrected chi connectivity index (χ1v) is 10.4. The number of fused-ring (bicyclic) bond motifs is 2.